The van der Waals surface area contributed by atoms with Crippen molar-refractivity contribution in [2.24, 2.45) is 0 Å². The Labute approximate surface area is 235 Å². The minimum absolute atomic E-state index is 0.116. The number of hydrogen-bond acceptors (Lipinski definition) is 4. The number of carbonyl (C=O) groups excluding carboxylic acids is 1. The van der Waals surface area contributed by atoms with Gasteiger partial charge in [0.25, 0.3) is 0 Å². The Morgan fingerprint density at radius 2 is 1.26 bits per heavy atom. The highest BCUT2D eigenvalue weighted by molar-refractivity contribution is 5.72. The first-order chi connectivity index (χ1) is 18.8. The van der Waals surface area contributed by atoms with Crippen LogP contribution in [0, 0.1) is 0 Å². The third-order valence-corrected chi connectivity index (χ3v) is 7.81. The number of esters is 1. The molecule has 0 aliphatic heterocycles. The molecular formula is C35H46N2O2. The molecule has 1 fully saturated rings. The van der Waals surface area contributed by atoms with Gasteiger partial charge in [0, 0.05) is 12.1 Å². The van der Waals surface area contributed by atoms with Gasteiger partial charge in [0.05, 0.1) is 12.1 Å². The summed E-state index contributed by atoms with van der Waals surface area (Å²) in [4.78, 5) is 15.1. The largest absolute Gasteiger partial charge is 0.459 e. The highest BCUT2D eigenvalue weighted by atomic mass is 16.6. The Morgan fingerprint density at radius 3 is 1.67 bits per heavy atom. The van der Waals surface area contributed by atoms with Crippen LogP contribution in [0.2, 0.25) is 0 Å². The van der Waals surface area contributed by atoms with E-state index in [4.69, 9.17) is 4.74 Å². The van der Waals surface area contributed by atoms with Crippen LogP contribution in [0.5, 0.6) is 0 Å². The van der Waals surface area contributed by atoms with E-state index in [1.807, 2.05) is 20.8 Å². The molecular weight excluding hydrogens is 480 g/mol. The summed E-state index contributed by atoms with van der Waals surface area (Å²) in [6.07, 6.45) is 6.48. The quantitative estimate of drug-likeness (QED) is 0.210. The zero-order valence-corrected chi connectivity index (χ0v) is 24.2. The van der Waals surface area contributed by atoms with Crippen molar-refractivity contribution in [1.29, 1.82) is 0 Å². The van der Waals surface area contributed by atoms with Gasteiger partial charge in [-0.05, 0) is 76.1 Å². The second-order valence-electron chi connectivity index (χ2n) is 11.9. The van der Waals surface area contributed by atoms with Crippen LogP contribution in [0.25, 0.3) is 0 Å². The maximum Gasteiger partial charge on any atom is 0.320 e. The minimum atomic E-state index is -0.454. The summed E-state index contributed by atoms with van der Waals surface area (Å²) in [6, 6.07) is 33.3. The van der Waals surface area contributed by atoms with Crippen molar-refractivity contribution in [3.05, 3.63) is 108 Å². The predicted molar refractivity (Wildman–Crippen MR) is 161 cm³/mol. The Morgan fingerprint density at radius 1 is 0.795 bits per heavy atom. The van der Waals surface area contributed by atoms with Crippen molar-refractivity contribution in [3.63, 3.8) is 0 Å². The fraction of sp³-hybridized carbons (Fsp3) is 0.457. The molecule has 0 saturated heterocycles. The molecule has 1 saturated carbocycles. The van der Waals surface area contributed by atoms with E-state index in [9.17, 15) is 4.79 Å². The summed E-state index contributed by atoms with van der Waals surface area (Å²) in [7, 11) is 0. The van der Waals surface area contributed by atoms with Crippen LogP contribution in [0.4, 0.5) is 0 Å². The lowest BCUT2D eigenvalue weighted by molar-refractivity contribution is -0.157. The van der Waals surface area contributed by atoms with E-state index in [1.165, 1.54) is 16.7 Å². The van der Waals surface area contributed by atoms with E-state index >= 15 is 0 Å². The van der Waals surface area contributed by atoms with Gasteiger partial charge in [-0.15, -0.1) is 0 Å². The predicted octanol–water partition coefficient (Wildman–Crippen LogP) is 7.32. The molecule has 208 valence electrons. The molecule has 0 spiro atoms. The van der Waals surface area contributed by atoms with Gasteiger partial charge in [-0.1, -0.05) is 104 Å². The first kappa shape index (κ1) is 29.0. The van der Waals surface area contributed by atoms with Crippen molar-refractivity contribution >= 4 is 5.97 Å². The normalized spacial score (nSPS) is 18.2. The zero-order chi connectivity index (χ0) is 27.7. The number of rotatable bonds is 11. The number of unbranched alkanes of at least 4 members (excludes halogenated alkanes) is 1. The lowest BCUT2D eigenvalue weighted by Gasteiger charge is -2.43. The molecule has 4 heteroatoms. The summed E-state index contributed by atoms with van der Waals surface area (Å²) in [6.45, 7) is 9.36. The van der Waals surface area contributed by atoms with Gasteiger partial charge in [0.1, 0.15) is 5.60 Å². The van der Waals surface area contributed by atoms with E-state index in [0.717, 1.165) is 45.1 Å². The number of nitrogens with one attached hydrogen (secondary N) is 1. The fourth-order valence-corrected chi connectivity index (χ4v) is 6.00. The Balaban J connectivity index is 1.57. The van der Waals surface area contributed by atoms with Crippen LogP contribution in [0.1, 0.15) is 82.9 Å². The molecule has 3 aromatic carbocycles. The minimum Gasteiger partial charge on any atom is -0.459 e. The molecule has 4 rings (SSSR count). The van der Waals surface area contributed by atoms with E-state index in [-0.39, 0.29) is 5.97 Å². The van der Waals surface area contributed by atoms with Gasteiger partial charge >= 0.3 is 5.97 Å². The van der Waals surface area contributed by atoms with Gasteiger partial charge in [-0.3, -0.25) is 15.0 Å². The molecule has 4 nitrogen and oxygen atoms in total. The molecule has 1 aliphatic carbocycles. The van der Waals surface area contributed by atoms with E-state index in [0.29, 0.717) is 18.6 Å². The average Bonchev–Trinajstić information content (AvgIpc) is 2.95. The van der Waals surface area contributed by atoms with Crippen molar-refractivity contribution in [2.75, 3.05) is 13.1 Å². The van der Waals surface area contributed by atoms with Gasteiger partial charge < -0.3 is 4.74 Å². The first-order valence-corrected chi connectivity index (χ1v) is 14.7. The van der Waals surface area contributed by atoms with Crippen LogP contribution in [0.15, 0.2) is 91.0 Å². The third kappa shape index (κ3) is 7.58. The van der Waals surface area contributed by atoms with E-state index in [1.54, 1.807) is 0 Å². The maximum absolute atomic E-state index is 12.7. The highest BCUT2D eigenvalue weighted by Gasteiger charge is 2.39. The van der Waals surface area contributed by atoms with Crippen molar-refractivity contribution < 1.29 is 9.53 Å². The smallest absolute Gasteiger partial charge is 0.320 e. The summed E-state index contributed by atoms with van der Waals surface area (Å²) in [5.41, 5.74) is 2.85. The van der Waals surface area contributed by atoms with Crippen LogP contribution >= 0.6 is 0 Å². The highest BCUT2D eigenvalue weighted by Crippen LogP contribution is 2.39. The maximum atomic E-state index is 12.7. The van der Waals surface area contributed by atoms with E-state index < -0.39 is 11.1 Å². The second-order valence-corrected chi connectivity index (χ2v) is 11.9. The number of hydrogen-bond donors (Lipinski definition) is 1. The lowest BCUT2D eigenvalue weighted by atomic mass is 9.75. The van der Waals surface area contributed by atoms with Crippen molar-refractivity contribution in [2.45, 2.75) is 89.4 Å². The molecule has 0 amide bonds. The summed E-state index contributed by atoms with van der Waals surface area (Å²) >= 11 is 0. The monoisotopic (exact) mass is 526 g/mol. The Bertz CT molecular complexity index is 1040. The molecule has 0 bridgehead atoms. The van der Waals surface area contributed by atoms with Gasteiger partial charge in [-0.25, -0.2) is 0 Å². The standard InChI is InChI=1S/C35H46N2O2/c1-5-6-26-37(27-33(38)39-34(2,3)4)32-24-22-31(23-25-32)36-35(28-16-10-7-11-17-28,29-18-12-8-13-19-29)30-20-14-9-15-21-30/h7-21,31-32,36H,5-6,22-27H2,1-4H3. The third-order valence-electron chi connectivity index (χ3n) is 7.81. The van der Waals surface area contributed by atoms with Crippen LogP contribution in [-0.2, 0) is 15.1 Å². The van der Waals surface area contributed by atoms with Gasteiger partial charge in [0.2, 0.25) is 0 Å². The summed E-state index contributed by atoms with van der Waals surface area (Å²) < 4.78 is 5.68. The fourth-order valence-electron chi connectivity index (χ4n) is 6.00. The van der Waals surface area contributed by atoms with Crippen molar-refractivity contribution in [3.8, 4) is 0 Å². The Kier molecular flexibility index (Phi) is 9.99. The molecule has 0 aromatic heterocycles. The van der Waals surface area contributed by atoms with E-state index in [2.05, 4.69) is 108 Å². The molecule has 0 radical (unpaired) electrons. The van der Waals surface area contributed by atoms with Crippen LogP contribution in [-0.4, -0.2) is 41.6 Å². The second kappa shape index (κ2) is 13.4. The molecule has 0 unspecified atom stereocenters. The first-order valence-electron chi connectivity index (χ1n) is 14.7. The van der Waals surface area contributed by atoms with Crippen LogP contribution in [0.3, 0.4) is 0 Å². The molecule has 1 N–H and O–H groups in total. The number of ether oxygens (including phenoxy) is 1. The topological polar surface area (TPSA) is 41.6 Å². The number of benzene rings is 3. The van der Waals surface area contributed by atoms with Gasteiger partial charge in [-0.2, -0.15) is 0 Å². The Hall–Kier alpha value is -2.95. The SMILES string of the molecule is CCCCN(CC(=O)OC(C)(C)C)C1CCC(NC(c2ccccc2)(c2ccccc2)c2ccccc2)CC1. The molecule has 1 aliphatic rings. The summed E-state index contributed by atoms with van der Waals surface area (Å²) in [5.74, 6) is -0.116. The zero-order valence-electron chi connectivity index (χ0n) is 24.2. The molecule has 0 atom stereocenters. The molecule has 0 heterocycles. The molecule has 39 heavy (non-hydrogen) atoms. The number of carbonyl (C=O) groups is 1. The molecule has 3 aromatic rings. The van der Waals surface area contributed by atoms with Crippen LogP contribution < -0.4 is 5.32 Å². The lowest BCUT2D eigenvalue weighted by Crippen LogP contribution is -2.52. The average molecular weight is 527 g/mol. The van der Waals surface area contributed by atoms with Gasteiger partial charge in [0.15, 0.2) is 0 Å². The van der Waals surface area contributed by atoms with Crippen molar-refractivity contribution in [1.82, 2.24) is 10.2 Å². The summed E-state index contributed by atoms with van der Waals surface area (Å²) in [5, 5.41) is 4.18. The number of nitrogens with zero attached hydrogens (tertiary/aromatic N) is 1.